The molecule has 4 nitrogen and oxygen atoms in total. The summed E-state index contributed by atoms with van der Waals surface area (Å²) in [5.74, 6) is 0. The molecule has 2 atom stereocenters. The predicted octanol–water partition coefficient (Wildman–Crippen LogP) is 2.55. The van der Waals surface area contributed by atoms with Crippen LogP contribution in [0, 0.1) is 0 Å². The Hall–Kier alpha value is -0.770. The summed E-state index contributed by atoms with van der Waals surface area (Å²) < 4.78 is 5.39. The van der Waals surface area contributed by atoms with Gasteiger partial charge in [-0.25, -0.2) is 4.79 Å². The van der Waals surface area contributed by atoms with Crippen molar-refractivity contribution in [1.82, 2.24) is 4.90 Å². The molecule has 0 aromatic rings. The monoisotopic (exact) mass is 243 g/mol. The minimum atomic E-state index is -0.454. The van der Waals surface area contributed by atoms with Gasteiger partial charge in [-0.05, 0) is 53.4 Å². The fraction of sp³-hybridized carbons (Fsp3) is 0.923. The Morgan fingerprint density at radius 1 is 1.47 bits per heavy atom. The third-order valence-electron chi connectivity index (χ3n) is 2.87. The molecule has 0 bridgehead atoms. The van der Waals surface area contributed by atoms with Gasteiger partial charge in [0.1, 0.15) is 5.60 Å². The van der Waals surface area contributed by atoms with Crippen molar-refractivity contribution in [2.45, 2.75) is 71.1 Å². The van der Waals surface area contributed by atoms with Crippen LogP contribution in [0.4, 0.5) is 4.79 Å². The zero-order chi connectivity index (χ0) is 13.1. The first-order valence-corrected chi connectivity index (χ1v) is 6.47. The van der Waals surface area contributed by atoms with Crippen LogP contribution >= 0.6 is 0 Å². The van der Waals surface area contributed by atoms with Crippen LogP contribution in [0.1, 0.15) is 53.4 Å². The van der Waals surface area contributed by atoms with Crippen molar-refractivity contribution in [3.8, 4) is 0 Å². The summed E-state index contributed by atoms with van der Waals surface area (Å²) in [6.45, 7) is 8.13. The molecule has 100 valence electrons. The van der Waals surface area contributed by atoms with Gasteiger partial charge in [0, 0.05) is 12.6 Å². The number of carbonyl (C=O) groups is 1. The molecule has 0 aliphatic carbocycles. The number of aliphatic hydroxyl groups excluding tert-OH is 1. The molecular weight excluding hydrogens is 218 g/mol. The average molecular weight is 243 g/mol. The number of piperidine rings is 1. The quantitative estimate of drug-likeness (QED) is 0.811. The largest absolute Gasteiger partial charge is 0.444 e. The third-order valence-corrected chi connectivity index (χ3v) is 2.87. The van der Waals surface area contributed by atoms with Gasteiger partial charge in [-0.2, -0.15) is 0 Å². The smallest absolute Gasteiger partial charge is 0.410 e. The first-order valence-electron chi connectivity index (χ1n) is 6.47. The molecule has 1 saturated heterocycles. The van der Waals surface area contributed by atoms with Gasteiger partial charge >= 0.3 is 6.09 Å². The maximum absolute atomic E-state index is 12.0. The highest BCUT2D eigenvalue weighted by molar-refractivity contribution is 5.68. The highest BCUT2D eigenvalue weighted by Gasteiger charge is 2.30. The second kappa shape index (κ2) is 5.71. The summed E-state index contributed by atoms with van der Waals surface area (Å²) in [5.41, 5.74) is -0.454. The fourth-order valence-corrected chi connectivity index (χ4v) is 2.20. The summed E-state index contributed by atoms with van der Waals surface area (Å²) in [5, 5.41) is 9.46. The summed E-state index contributed by atoms with van der Waals surface area (Å²) in [7, 11) is 0. The normalized spacial score (nSPS) is 23.4. The molecule has 1 fully saturated rings. The zero-order valence-electron chi connectivity index (χ0n) is 11.4. The van der Waals surface area contributed by atoms with E-state index < -0.39 is 5.60 Å². The number of hydrogen-bond donors (Lipinski definition) is 1. The molecule has 1 N–H and O–H groups in total. The number of nitrogens with zero attached hydrogens (tertiary/aromatic N) is 1. The number of aliphatic hydroxyl groups is 1. The highest BCUT2D eigenvalue weighted by atomic mass is 16.6. The van der Waals surface area contributed by atoms with E-state index in [9.17, 15) is 9.90 Å². The van der Waals surface area contributed by atoms with E-state index >= 15 is 0 Å². The van der Waals surface area contributed by atoms with Crippen LogP contribution in [0.25, 0.3) is 0 Å². The van der Waals surface area contributed by atoms with Crippen molar-refractivity contribution in [3.63, 3.8) is 0 Å². The average Bonchev–Trinajstić information content (AvgIpc) is 2.14. The highest BCUT2D eigenvalue weighted by Crippen LogP contribution is 2.23. The van der Waals surface area contributed by atoms with Gasteiger partial charge in [0.15, 0.2) is 0 Å². The van der Waals surface area contributed by atoms with Gasteiger partial charge in [0.2, 0.25) is 0 Å². The number of carbonyl (C=O) groups excluding carboxylic acids is 1. The molecule has 1 aliphatic heterocycles. The Kier molecular flexibility index (Phi) is 4.80. The number of rotatable bonds is 2. The summed E-state index contributed by atoms with van der Waals surface area (Å²) in [6, 6.07) is 0.124. The Labute approximate surface area is 104 Å². The summed E-state index contributed by atoms with van der Waals surface area (Å²) in [4.78, 5) is 13.8. The van der Waals surface area contributed by atoms with Crippen molar-refractivity contribution in [2.24, 2.45) is 0 Å². The maximum atomic E-state index is 12.0. The van der Waals surface area contributed by atoms with E-state index in [0.717, 1.165) is 25.8 Å². The molecule has 0 aromatic carbocycles. The van der Waals surface area contributed by atoms with Crippen molar-refractivity contribution in [2.75, 3.05) is 6.54 Å². The van der Waals surface area contributed by atoms with Gasteiger partial charge in [-0.3, -0.25) is 0 Å². The first-order chi connectivity index (χ1) is 7.79. The Bertz CT molecular complexity index is 258. The predicted molar refractivity (Wildman–Crippen MR) is 66.9 cm³/mol. The fourth-order valence-electron chi connectivity index (χ4n) is 2.20. The standard InChI is InChI=1S/C13H25NO3/c1-10(15)9-11-7-5-6-8-14(11)12(16)17-13(2,3)4/h10-11,15H,5-9H2,1-4H3/t10-,11+/m1/s1. The molecule has 1 aliphatic rings. The van der Waals surface area contributed by atoms with E-state index in [0.29, 0.717) is 6.42 Å². The third kappa shape index (κ3) is 4.94. The van der Waals surface area contributed by atoms with E-state index in [2.05, 4.69) is 0 Å². The maximum Gasteiger partial charge on any atom is 0.410 e. The van der Waals surface area contributed by atoms with E-state index in [4.69, 9.17) is 4.74 Å². The van der Waals surface area contributed by atoms with Crippen LogP contribution in [0.15, 0.2) is 0 Å². The molecule has 0 aromatic heterocycles. The van der Waals surface area contributed by atoms with E-state index in [-0.39, 0.29) is 18.2 Å². The lowest BCUT2D eigenvalue weighted by molar-refractivity contribution is 0.00360. The Morgan fingerprint density at radius 3 is 2.65 bits per heavy atom. The Balaban J connectivity index is 2.61. The molecule has 1 rings (SSSR count). The van der Waals surface area contributed by atoms with Crippen LogP contribution in [-0.2, 0) is 4.74 Å². The Morgan fingerprint density at radius 2 is 2.12 bits per heavy atom. The van der Waals surface area contributed by atoms with E-state index in [1.54, 1.807) is 11.8 Å². The molecule has 1 amide bonds. The second-order valence-electron chi connectivity index (χ2n) is 5.91. The van der Waals surface area contributed by atoms with Crippen LogP contribution in [0.5, 0.6) is 0 Å². The summed E-state index contributed by atoms with van der Waals surface area (Å²) in [6.07, 6.45) is 3.13. The lowest BCUT2D eigenvalue weighted by atomic mass is 9.98. The lowest BCUT2D eigenvalue weighted by Crippen LogP contribution is -2.47. The number of ether oxygens (including phenoxy) is 1. The van der Waals surface area contributed by atoms with Gasteiger partial charge in [-0.15, -0.1) is 0 Å². The van der Waals surface area contributed by atoms with Gasteiger partial charge in [0.05, 0.1) is 6.10 Å². The molecular formula is C13H25NO3. The van der Waals surface area contributed by atoms with Crippen molar-refractivity contribution < 1.29 is 14.6 Å². The van der Waals surface area contributed by atoms with E-state index in [1.807, 2.05) is 20.8 Å². The van der Waals surface area contributed by atoms with Crippen LogP contribution < -0.4 is 0 Å². The molecule has 0 spiro atoms. The minimum absolute atomic E-state index is 0.124. The van der Waals surface area contributed by atoms with Crippen LogP contribution in [0.2, 0.25) is 0 Å². The molecule has 17 heavy (non-hydrogen) atoms. The van der Waals surface area contributed by atoms with Gasteiger partial charge in [-0.1, -0.05) is 0 Å². The SMILES string of the molecule is C[C@@H](O)C[C@@H]1CCCCN1C(=O)OC(C)(C)C. The first kappa shape index (κ1) is 14.3. The van der Waals surface area contributed by atoms with Crippen LogP contribution in [0.3, 0.4) is 0 Å². The molecule has 4 heteroatoms. The van der Waals surface area contributed by atoms with Crippen molar-refractivity contribution >= 4 is 6.09 Å². The van der Waals surface area contributed by atoms with Crippen molar-refractivity contribution in [1.29, 1.82) is 0 Å². The van der Waals surface area contributed by atoms with Crippen LogP contribution in [-0.4, -0.2) is 40.4 Å². The topological polar surface area (TPSA) is 49.8 Å². The zero-order valence-corrected chi connectivity index (χ0v) is 11.4. The molecule has 1 heterocycles. The lowest BCUT2D eigenvalue weighted by Gasteiger charge is -2.37. The molecule has 0 radical (unpaired) electrons. The number of hydrogen-bond acceptors (Lipinski definition) is 3. The van der Waals surface area contributed by atoms with Gasteiger partial charge in [0.25, 0.3) is 0 Å². The van der Waals surface area contributed by atoms with Gasteiger partial charge < -0.3 is 14.7 Å². The molecule has 0 saturated carbocycles. The summed E-state index contributed by atoms with van der Waals surface area (Å²) >= 11 is 0. The molecule has 0 unspecified atom stereocenters. The number of likely N-dealkylation sites (tertiary alicyclic amines) is 1. The van der Waals surface area contributed by atoms with Crippen molar-refractivity contribution in [3.05, 3.63) is 0 Å². The van der Waals surface area contributed by atoms with E-state index in [1.165, 1.54) is 0 Å². The second-order valence-corrected chi connectivity index (χ2v) is 5.91. The number of amides is 1. The minimum Gasteiger partial charge on any atom is -0.444 e.